The van der Waals surface area contributed by atoms with Crippen molar-refractivity contribution in [2.24, 2.45) is 5.41 Å². The first-order valence-electron chi connectivity index (χ1n) is 8.66. The third-order valence-electron chi connectivity index (χ3n) is 4.54. The SMILES string of the molecule is C=CCC(C(=O)OC)(C(=O)OC)[C@H](/C=C/c1ccccc1)c1ccccc1. The molecule has 140 valence electrons. The molecule has 0 heterocycles. The Bertz CT molecular complexity index is 778. The number of benzene rings is 2. The molecule has 0 amide bonds. The average molecular weight is 364 g/mol. The molecule has 4 nitrogen and oxygen atoms in total. The van der Waals surface area contributed by atoms with E-state index in [4.69, 9.17) is 9.47 Å². The van der Waals surface area contributed by atoms with Gasteiger partial charge in [-0.25, -0.2) is 0 Å². The highest BCUT2D eigenvalue weighted by molar-refractivity contribution is 6.02. The van der Waals surface area contributed by atoms with Gasteiger partial charge >= 0.3 is 11.9 Å². The van der Waals surface area contributed by atoms with E-state index in [0.29, 0.717) is 0 Å². The van der Waals surface area contributed by atoms with E-state index in [1.54, 1.807) is 6.08 Å². The van der Waals surface area contributed by atoms with Crippen LogP contribution in [-0.2, 0) is 19.1 Å². The van der Waals surface area contributed by atoms with Crippen LogP contribution in [0.1, 0.15) is 23.5 Å². The molecule has 0 aliphatic carbocycles. The van der Waals surface area contributed by atoms with Gasteiger partial charge in [-0.1, -0.05) is 78.9 Å². The minimum Gasteiger partial charge on any atom is -0.468 e. The number of esters is 2. The summed E-state index contributed by atoms with van der Waals surface area (Å²) in [6.45, 7) is 3.73. The number of hydrogen-bond donors (Lipinski definition) is 0. The van der Waals surface area contributed by atoms with Gasteiger partial charge in [0.05, 0.1) is 14.2 Å². The number of rotatable bonds is 8. The summed E-state index contributed by atoms with van der Waals surface area (Å²) in [5.41, 5.74) is 0.209. The van der Waals surface area contributed by atoms with Crippen LogP contribution in [0.2, 0.25) is 0 Å². The van der Waals surface area contributed by atoms with Crippen LogP contribution in [0, 0.1) is 5.41 Å². The van der Waals surface area contributed by atoms with Crippen molar-refractivity contribution < 1.29 is 19.1 Å². The topological polar surface area (TPSA) is 52.6 Å². The lowest BCUT2D eigenvalue weighted by molar-refractivity contribution is -0.170. The Kier molecular flexibility index (Phi) is 7.12. The number of ether oxygens (including phenoxy) is 2. The van der Waals surface area contributed by atoms with Crippen molar-refractivity contribution >= 4 is 18.0 Å². The zero-order chi connectivity index (χ0) is 19.7. The Morgan fingerprint density at radius 2 is 1.48 bits per heavy atom. The Balaban J connectivity index is 2.66. The lowest BCUT2D eigenvalue weighted by Gasteiger charge is -2.33. The Morgan fingerprint density at radius 1 is 0.963 bits per heavy atom. The van der Waals surface area contributed by atoms with Crippen molar-refractivity contribution in [3.8, 4) is 0 Å². The van der Waals surface area contributed by atoms with Gasteiger partial charge in [0.1, 0.15) is 0 Å². The van der Waals surface area contributed by atoms with Crippen LogP contribution in [0.25, 0.3) is 6.08 Å². The Hall–Kier alpha value is -3.14. The zero-order valence-electron chi connectivity index (χ0n) is 15.6. The van der Waals surface area contributed by atoms with Crippen molar-refractivity contribution in [1.82, 2.24) is 0 Å². The minimum absolute atomic E-state index is 0.0883. The molecule has 0 saturated heterocycles. The fraction of sp³-hybridized carbons (Fsp3) is 0.217. The maximum atomic E-state index is 12.8. The third kappa shape index (κ3) is 4.34. The van der Waals surface area contributed by atoms with Gasteiger partial charge in [-0.15, -0.1) is 6.58 Å². The molecule has 0 bridgehead atoms. The molecular weight excluding hydrogens is 340 g/mol. The summed E-state index contributed by atoms with van der Waals surface area (Å²) in [4.78, 5) is 25.7. The second-order valence-corrected chi connectivity index (χ2v) is 6.11. The van der Waals surface area contributed by atoms with Gasteiger partial charge in [-0.2, -0.15) is 0 Å². The summed E-state index contributed by atoms with van der Waals surface area (Å²) in [6, 6.07) is 19.0. The third-order valence-corrected chi connectivity index (χ3v) is 4.54. The second kappa shape index (κ2) is 9.53. The number of carbonyl (C=O) groups is 2. The van der Waals surface area contributed by atoms with E-state index < -0.39 is 23.3 Å². The lowest BCUT2D eigenvalue weighted by Crippen LogP contribution is -2.45. The maximum absolute atomic E-state index is 12.8. The first kappa shape index (κ1) is 20.2. The van der Waals surface area contributed by atoms with Gasteiger partial charge < -0.3 is 9.47 Å². The molecule has 0 aromatic heterocycles. The van der Waals surface area contributed by atoms with E-state index in [2.05, 4.69) is 6.58 Å². The van der Waals surface area contributed by atoms with Gasteiger partial charge in [0.15, 0.2) is 5.41 Å². The molecular formula is C23H24O4. The van der Waals surface area contributed by atoms with Crippen molar-refractivity contribution in [3.63, 3.8) is 0 Å². The van der Waals surface area contributed by atoms with Crippen LogP contribution in [0.5, 0.6) is 0 Å². The molecule has 0 aliphatic heterocycles. The molecule has 2 aromatic rings. The van der Waals surface area contributed by atoms with Crippen molar-refractivity contribution in [2.45, 2.75) is 12.3 Å². The van der Waals surface area contributed by atoms with Crippen molar-refractivity contribution in [2.75, 3.05) is 14.2 Å². The highest BCUT2D eigenvalue weighted by atomic mass is 16.5. The molecule has 27 heavy (non-hydrogen) atoms. The summed E-state index contributed by atoms with van der Waals surface area (Å²) < 4.78 is 10.0. The van der Waals surface area contributed by atoms with E-state index in [9.17, 15) is 9.59 Å². The number of allylic oxidation sites excluding steroid dienone is 2. The monoisotopic (exact) mass is 364 g/mol. The smallest absolute Gasteiger partial charge is 0.324 e. The summed E-state index contributed by atoms with van der Waals surface area (Å²) >= 11 is 0. The minimum atomic E-state index is -1.56. The fourth-order valence-corrected chi connectivity index (χ4v) is 3.21. The largest absolute Gasteiger partial charge is 0.468 e. The van der Waals surface area contributed by atoms with E-state index in [1.165, 1.54) is 14.2 Å². The van der Waals surface area contributed by atoms with Crippen molar-refractivity contribution in [1.29, 1.82) is 0 Å². The molecule has 0 N–H and O–H groups in total. The lowest BCUT2D eigenvalue weighted by atomic mass is 9.69. The highest BCUT2D eigenvalue weighted by Crippen LogP contribution is 2.43. The normalized spacial score (nSPS) is 12.4. The molecule has 0 spiro atoms. The first-order chi connectivity index (χ1) is 13.1. The maximum Gasteiger partial charge on any atom is 0.324 e. The van der Waals surface area contributed by atoms with Crippen LogP contribution < -0.4 is 0 Å². The van der Waals surface area contributed by atoms with Gasteiger partial charge in [0.2, 0.25) is 0 Å². The predicted octanol–water partition coefficient (Wildman–Crippen LogP) is 4.39. The summed E-state index contributed by atoms with van der Waals surface area (Å²) in [6.07, 6.45) is 5.37. The summed E-state index contributed by atoms with van der Waals surface area (Å²) in [7, 11) is 2.54. The molecule has 2 rings (SSSR count). The zero-order valence-corrected chi connectivity index (χ0v) is 15.6. The standard InChI is InChI=1S/C23H24O4/c1-4-17-23(21(24)26-2,22(25)27-3)20(19-13-9-6-10-14-19)16-15-18-11-7-5-8-12-18/h4-16,20H,1,17H2,2-3H3/b16-15+/t20-/m1/s1. The second-order valence-electron chi connectivity index (χ2n) is 6.11. The van der Waals surface area contributed by atoms with E-state index in [1.807, 2.05) is 72.8 Å². The Morgan fingerprint density at radius 3 is 1.96 bits per heavy atom. The van der Waals surface area contributed by atoms with Crippen LogP contribution in [0.15, 0.2) is 79.4 Å². The Labute approximate surface area is 160 Å². The summed E-state index contributed by atoms with van der Waals surface area (Å²) in [5.74, 6) is -1.89. The van der Waals surface area contributed by atoms with Crippen LogP contribution in [0.4, 0.5) is 0 Å². The van der Waals surface area contributed by atoms with Crippen LogP contribution >= 0.6 is 0 Å². The molecule has 4 heteroatoms. The molecule has 0 unspecified atom stereocenters. The van der Waals surface area contributed by atoms with Crippen LogP contribution in [0.3, 0.4) is 0 Å². The van der Waals surface area contributed by atoms with Crippen LogP contribution in [-0.4, -0.2) is 26.2 Å². The van der Waals surface area contributed by atoms with E-state index in [0.717, 1.165) is 11.1 Å². The molecule has 0 aliphatic rings. The van der Waals surface area contributed by atoms with E-state index >= 15 is 0 Å². The molecule has 0 radical (unpaired) electrons. The molecule has 0 saturated carbocycles. The average Bonchev–Trinajstić information content (AvgIpc) is 2.73. The van der Waals surface area contributed by atoms with Gasteiger partial charge in [-0.05, 0) is 17.5 Å². The van der Waals surface area contributed by atoms with Gasteiger partial charge in [0, 0.05) is 5.92 Å². The van der Waals surface area contributed by atoms with E-state index in [-0.39, 0.29) is 6.42 Å². The van der Waals surface area contributed by atoms with Crippen molar-refractivity contribution in [3.05, 3.63) is 90.5 Å². The number of hydrogen-bond acceptors (Lipinski definition) is 4. The van der Waals surface area contributed by atoms with Gasteiger partial charge in [0.25, 0.3) is 0 Å². The fourth-order valence-electron chi connectivity index (χ4n) is 3.21. The number of carbonyl (C=O) groups excluding carboxylic acids is 2. The molecule has 1 atom stereocenters. The number of methoxy groups -OCH3 is 2. The summed E-state index contributed by atoms with van der Waals surface area (Å²) in [5, 5.41) is 0. The highest BCUT2D eigenvalue weighted by Gasteiger charge is 2.53. The quantitative estimate of drug-likeness (QED) is 0.396. The predicted molar refractivity (Wildman–Crippen MR) is 106 cm³/mol. The molecule has 0 fully saturated rings. The van der Waals surface area contributed by atoms with Gasteiger partial charge in [-0.3, -0.25) is 9.59 Å². The molecule has 2 aromatic carbocycles. The first-order valence-corrected chi connectivity index (χ1v) is 8.66.